The molecule has 0 unspecified atom stereocenters. The number of aromatic nitrogens is 5. The maximum Gasteiger partial charge on any atom is 0.252 e. The first-order valence-electron chi connectivity index (χ1n) is 14.2. The summed E-state index contributed by atoms with van der Waals surface area (Å²) in [5.74, 6) is 1.40. The van der Waals surface area contributed by atoms with Gasteiger partial charge in [-0.15, -0.1) is 0 Å². The van der Waals surface area contributed by atoms with E-state index in [1.807, 2.05) is 37.5 Å². The molecule has 0 saturated carbocycles. The largest absolute Gasteiger partial charge is 0.497 e. The summed E-state index contributed by atoms with van der Waals surface area (Å²) >= 11 is 0. The highest BCUT2D eigenvalue weighted by Gasteiger charge is 2.48. The number of carbonyl (C=O) groups excluding carboxylic acids is 1. The molecule has 0 aliphatic carbocycles. The van der Waals surface area contributed by atoms with E-state index in [0.717, 1.165) is 24.9 Å². The Hall–Kier alpha value is -4.24. The summed E-state index contributed by atoms with van der Waals surface area (Å²) in [5, 5.41) is 36.8. The maximum absolute atomic E-state index is 13.1. The van der Waals surface area contributed by atoms with Crippen LogP contribution in [0, 0.1) is 0 Å². The molecule has 43 heavy (non-hydrogen) atoms. The van der Waals surface area contributed by atoms with Crippen LogP contribution in [0.3, 0.4) is 0 Å². The molecule has 0 bridgehead atoms. The zero-order valence-corrected chi connectivity index (χ0v) is 24.2. The first kappa shape index (κ1) is 28.9. The second kappa shape index (κ2) is 12.2. The van der Waals surface area contributed by atoms with E-state index in [4.69, 9.17) is 14.2 Å². The number of carbonyl (C=O) groups is 1. The summed E-state index contributed by atoms with van der Waals surface area (Å²) in [6.45, 7) is 1.93. The lowest BCUT2D eigenvalue weighted by Crippen LogP contribution is -2.51. The first-order chi connectivity index (χ1) is 20.9. The van der Waals surface area contributed by atoms with Crippen LogP contribution in [0.5, 0.6) is 11.5 Å². The van der Waals surface area contributed by atoms with Gasteiger partial charge in [0, 0.05) is 55.8 Å². The normalized spacial score (nSPS) is 23.8. The van der Waals surface area contributed by atoms with E-state index in [1.54, 1.807) is 29.7 Å². The lowest BCUT2D eigenvalue weighted by Gasteiger charge is -2.25. The standard InChI is InChI=1S/C29H36N8O6/c1-36-10-8-20(35-36)19-14-37(29-24(39)23(38)25(43-29)28(40)34-17-5-4-9-30-13-17)27-22(19)26(32-15-33-27)31-12-16-6-7-18(41-2)11-21(16)42-3/h6-8,10-11,14-15,17,23-25,29-30,38-39H,4-5,9,12-13H2,1-3H3,(H,34,40)(H,31,32,33)/t17-,23+,24-,25+,29-/m1/s1. The average Bonchev–Trinajstić information content (AvgIpc) is 3.71. The molecule has 2 aliphatic rings. The van der Waals surface area contributed by atoms with E-state index in [-0.39, 0.29) is 6.04 Å². The predicted octanol–water partition coefficient (Wildman–Crippen LogP) is 0.949. The van der Waals surface area contributed by atoms with Crippen LogP contribution in [0.25, 0.3) is 22.3 Å². The summed E-state index contributed by atoms with van der Waals surface area (Å²) < 4.78 is 20.2. The van der Waals surface area contributed by atoms with Crippen LogP contribution in [0.4, 0.5) is 5.82 Å². The van der Waals surface area contributed by atoms with E-state index in [2.05, 4.69) is 31.0 Å². The zero-order valence-electron chi connectivity index (χ0n) is 24.2. The number of methoxy groups -OCH3 is 2. The molecule has 1 aromatic carbocycles. The Bertz CT molecular complexity index is 1600. The van der Waals surface area contributed by atoms with Crippen molar-refractivity contribution in [1.82, 2.24) is 34.9 Å². The highest BCUT2D eigenvalue weighted by atomic mass is 16.6. The Kier molecular flexibility index (Phi) is 8.17. The zero-order chi connectivity index (χ0) is 30.1. The van der Waals surface area contributed by atoms with Gasteiger partial charge in [0.05, 0.1) is 25.3 Å². The molecular formula is C29H36N8O6. The van der Waals surface area contributed by atoms with E-state index in [1.165, 1.54) is 6.33 Å². The van der Waals surface area contributed by atoms with E-state index >= 15 is 0 Å². The topological polar surface area (TPSA) is 170 Å². The van der Waals surface area contributed by atoms with Gasteiger partial charge in [0.15, 0.2) is 12.3 Å². The fraction of sp³-hybridized carbons (Fsp3) is 0.448. The minimum atomic E-state index is -1.43. The van der Waals surface area contributed by atoms with Crippen molar-refractivity contribution >= 4 is 22.8 Å². The number of piperidine rings is 1. The Morgan fingerprint density at radius 3 is 2.77 bits per heavy atom. The molecular weight excluding hydrogens is 556 g/mol. The van der Waals surface area contributed by atoms with Gasteiger partial charge in [-0.3, -0.25) is 9.48 Å². The summed E-state index contributed by atoms with van der Waals surface area (Å²) in [7, 11) is 5.02. The average molecular weight is 593 g/mol. The van der Waals surface area contributed by atoms with Gasteiger partial charge in [-0.05, 0) is 37.6 Å². The summed E-state index contributed by atoms with van der Waals surface area (Å²) in [6, 6.07) is 7.36. The second-order valence-corrected chi connectivity index (χ2v) is 10.8. The van der Waals surface area contributed by atoms with Crippen LogP contribution in [0.1, 0.15) is 24.6 Å². The van der Waals surface area contributed by atoms with Gasteiger partial charge in [0.2, 0.25) is 0 Å². The quantitative estimate of drug-likeness (QED) is 0.188. The number of fused-ring (bicyclic) bond motifs is 1. The number of hydrogen-bond donors (Lipinski definition) is 5. The van der Waals surface area contributed by atoms with Crippen molar-refractivity contribution in [3.63, 3.8) is 0 Å². The van der Waals surface area contributed by atoms with Crippen LogP contribution >= 0.6 is 0 Å². The van der Waals surface area contributed by atoms with Gasteiger partial charge in [-0.1, -0.05) is 0 Å². The number of anilines is 1. The lowest BCUT2D eigenvalue weighted by molar-refractivity contribution is -0.138. The number of amides is 1. The Balaban J connectivity index is 1.34. The van der Waals surface area contributed by atoms with E-state index in [9.17, 15) is 15.0 Å². The number of aliphatic hydroxyl groups excluding tert-OH is 2. The molecule has 1 amide bonds. The molecule has 2 saturated heterocycles. The number of ether oxygens (including phenoxy) is 3. The van der Waals surface area contributed by atoms with Gasteiger partial charge in [-0.25, -0.2) is 9.97 Å². The van der Waals surface area contributed by atoms with Crippen LogP contribution in [0.15, 0.2) is 43.0 Å². The second-order valence-electron chi connectivity index (χ2n) is 10.8. The van der Waals surface area contributed by atoms with Gasteiger partial charge in [0.25, 0.3) is 5.91 Å². The van der Waals surface area contributed by atoms with Gasteiger partial charge in [0.1, 0.15) is 41.5 Å². The molecule has 2 fully saturated rings. The molecule has 3 aromatic heterocycles. The predicted molar refractivity (Wildman–Crippen MR) is 157 cm³/mol. The van der Waals surface area contributed by atoms with Crippen LogP contribution in [-0.4, -0.2) is 92.1 Å². The maximum atomic E-state index is 13.1. The molecule has 0 radical (unpaired) electrons. The fourth-order valence-corrected chi connectivity index (χ4v) is 5.71. The van der Waals surface area contributed by atoms with Gasteiger partial charge >= 0.3 is 0 Å². The minimum absolute atomic E-state index is 0.0675. The third-order valence-corrected chi connectivity index (χ3v) is 7.95. The molecule has 6 rings (SSSR count). The van der Waals surface area contributed by atoms with Crippen LogP contribution in [-0.2, 0) is 23.1 Å². The summed E-state index contributed by atoms with van der Waals surface area (Å²) in [6.07, 6.45) is 1.61. The molecule has 14 heteroatoms. The monoisotopic (exact) mass is 592 g/mol. The van der Waals surface area contributed by atoms with Gasteiger partial charge < -0.3 is 44.9 Å². The highest BCUT2D eigenvalue weighted by Crippen LogP contribution is 2.39. The number of nitrogens with one attached hydrogen (secondary N) is 3. The Labute approximate surface area is 248 Å². The minimum Gasteiger partial charge on any atom is -0.497 e. The lowest BCUT2D eigenvalue weighted by atomic mass is 10.1. The molecule has 5 N–H and O–H groups in total. The molecule has 4 aromatic rings. The van der Waals surface area contributed by atoms with Crippen molar-refractivity contribution in [3.05, 3.63) is 48.5 Å². The highest BCUT2D eigenvalue weighted by molar-refractivity contribution is 6.00. The Morgan fingerprint density at radius 2 is 2.05 bits per heavy atom. The third-order valence-electron chi connectivity index (χ3n) is 7.95. The molecule has 0 spiro atoms. The molecule has 5 atom stereocenters. The van der Waals surface area contributed by atoms with E-state index < -0.39 is 30.4 Å². The fourth-order valence-electron chi connectivity index (χ4n) is 5.71. The molecule has 14 nitrogen and oxygen atoms in total. The van der Waals surface area contributed by atoms with Gasteiger partial charge in [-0.2, -0.15) is 5.10 Å². The molecule has 2 aliphatic heterocycles. The van der Waals surface area contributed by atoms with Crippen molar-refractivity contribution in [2.45, 2.75) is 50.0 Å². The van der Waals surface area contributed by atoms with Crippen molar-refractivity contribution in [2.75, 3.05) is 32.6 Å². The number of aryl methyl sites for hydroxylation is 1. The van der Waals surface area contributed by atoms with Crippen molar-refractivity contribution in [3.8, 4) is 22.8 Å². The van der Waals surface area contributed by atoms with Crippen LogP contribution < -0.4 is 25.4 Å². The molecule has 228 valence electrons. The number of nitrogens with zero attached hydrogens (tertiary/aromatic N) is 5. The third kappa shape index (κ3) is 5.61. The molecule has 5 heterocycles. The van der Waals surface area contributed by atoms with E-state index in [0.29, 0.717) is 52.7 Å². The van der Waals surface area contributed by atoms with Crippen LogP contribution in [0.2, 0.25) is 0 Å². The summed E-state index contributed by atoms with van der Waals surface area (Å²) in [5.41, 5.74) is 2.66. The SMILES string of the molecule is COc1ccc(CNc2ncnc3c2c(-c2ccn(C)n2)cn3[C@@H]2O[C@H](C(=O)N[C@@H]3CCCNC3)[C@@H](O)[C@H]2O)c(OC)c1. The Morgan fingerprint density at radius 1 is 1.19 bits per heavy atom. The number of hydrogen-bond acceptors (Lipinski definition) is 11. The number of benzene rings is 1. The van der Waals surface area contributed by atoms with Crippen molar-refractivity contribution < 1.29 is 29.2 Å². The summed E-state index contributed by atoms with van der Waals surface area (Å²) in [4.78, 5) is 22.2. The van der Waals surface area contributed by atoms with Crippen molar-refractivity contribution in [1.29, 1.82) is 0 Å². The number of rotatable bonds is 9. The smallest absolute Gasteiger partial charge is 0.252 e. The first-order valence-corrected chi connectivity index (χ1v) is 14.2. The number of aliphatic hydroxyl groups is 2. The van der Waals surface area contributed by atoms with Crippen molar-refractivity contribution in [2.24, 2.45) is 7.05 Å².